The minimum Gasteiger partial charge on any atom is -0.461 e. The fourth-order valence-corrected chi connectivity index (χ4v) is 4.19. The molecular formula is C28H23FN2O3. The zero-order valence-corrected chi connectivity index (χ0v) is 18.7. The largest absolute Gasteiger partial charge is 0.461 e. The maximum atomic E-state index is 13.4. The van der Waals surface area contributed by atoms with Gasteiger partial charge in [0.1, 0.15) is 17.3 Å². The first-order valence-corrected chi connectivity index (χ1v) is 11.1. The van der Waals surface area contributed by atoms with Crippen LogP contribution in [0.4, 0.5) is 10.1 Å². The number of fused-ring (bicyclic) bond motifs is 1. The van der Waals surface area contributed by atoms with E-state index in [2.05, 4.69) is 5.32 Å². The number of hydrogen-bond donors (Lipinski definition) is 1. The van der Waals surface area contributed by atoms with Gasteiger partial charge in [-0.15, -0.1) is 0 Å². The Hall–Kier alpha value is -4.19. The molecule has 1 aromatic heterocycles. The molecule has 170 valence electrons. The zero-order valence-electron chi connectivity index (χ0n) is 18.7. The van der Waals surface area contributed by atoms with Crippen LogP contribution in [0, 0.1) is 12.7 Å². The highest BCUT2D eigenvalue weighted by Crippen LogP contribution is 2.31. The van der Waals surface area contributed by atoms with Gasteiger partial charge in [0.15, 0.2) is 0 Å². The second kappa shape index (κ2) is 8.98. The SMILES string of the molecule is Cc1cccc(C(=O)N2CCc3oc(-c4cccc(NC(=O)c5cccc(F)c5)c4)cc3C2)c1. The van der Waals surface area contributed by atoms with Crippen molar-refractivity contribution in [3.8, 4) is 11.3 Å². The van der Waals surface area contributed by atoms with Gasteiger partial charge in [0, 0.05) is 47.5 Å². The van der Waals surface area contributed by atoms with Gasteiger partial charge >= 0.3 is 0 Å². The molecule has 3 aromatic carbocycles. The Morgan fingerprint density at radius 1 is 0.941 bits per heavy atom. The number of amides is 2. The lowest BCUT2D eigenvalue weighted by molar-refractivity contribution is 0.0729. The molecule has 0 atom stereocenters. The number of anilines is 1. The van der Waals surface area contributed by atoms with Crippen molar-refractivity contribution in [2.45, 2.75) is 19.9 Å². The number of carbonyl (C=O) groups excluding carboxylic acids is 2. The molecule has 0 aliphatic carbocycles. The van der Waals surface area contributed by atoms with E-state index in [0.29, 0.717) is 36.5 Å². The molecular weight excluding hydrogens is 431 g/mol. The topological polar surface area (TPSA) is 62.6 Å². The van der Waals surface area contributed by atoms with Gasteiger partial charge in [-0.1, -0.05) is 35.9 Å². The minimum atomic E-state index is -0.461. The lowest BCUT2D eigenvalue weighted by Crippen LogP contribution is -2.35. The molecule has 0 saturated heterocycles. The highest BCUT2D eigenvalue weighted by atomic mass is 19.1. The van der Waals surface area contributed by atoms with E-state index in [-0.39, 0.29) is 17.4 Å². The molecule has 0 saturated carbocycles. The summed E-state index contributed by atoms with van der Waals surface area (Å²) in [5.41, 5.74) is 4.36. The van der Waals surface area contributed by atoms with Crippen LogP contribution in [-0.2, 0) is 13.0 Å². The molecule has 0 bridgehead atoms. The first-order valence-electron chi connectivity index (χ1n) is 11.1. The van der Waals surface area contributed by atoms with E-state index >= 15 is 0 Å². The molecule has 0 spiro atoms. The van der Waals surface area contributed by atoms with Gasteiger partial charge in [0.2, 0.25) is 0 Å². The number of nitrogens with zero attached hydrogens (tertiary/aromatic N) is 1. The molecule has 0 unspecified atom stereocenters. The average molecular weight is 455 g/mol. The van der Waals surface area contributed by atoms with Crippen LogP contribution in [0.3, 0.4) is 0 Å². The van der Waals surface area contributed by atoms with Crippen LogP contribution in [0.25, 0.3) is 11.3 Å². The van der Waals surface area contributed by atoms with E-state index in [4.69, 9.17) is 4.42 Å². The van der Waals surface area contributed by atoms with Crippen molar-refractivity contribution in [1.82, 2.24) is 4.90 Å². The Labute approximate surface area is 196 Å². The summed E-state index contributed by atoms with van der Waals surface area (Å²) < 4.78 is 19.5. The molecule has 2 heterocycles. The van der Waals surface area contributed by atoms with Gasteiger partial charge < -0.3 is 14.6 Å². The zero-order chi connectivity index (χ0) is 23.7. The molecule has 5 nitrogen and oxygen atoms in total. The summed E-state index contributed by atoms with van der Waals surface area (Å²) >= 11 is 0. The smallest absolute Gasteiger partial charge is 0.255 e. The highest BCUT2D eigenvalue weighted by Gasteiger charge is 2.25. The first-order chi connectivity index (χ1) is 16.5. The third-order valence-electron chi connectivity index (χ3n) is 5.91. The van der Waals surface area contributed by atoms with Crippen molar-refractivity contribution in [2.75, 3.05) is 11.9 Å². The summed E-state index contributed by atoms with van der Waals surface area (Å²) in [6.07, 6.45) is 0.642. The number of furan rings is 1. The summed E-state index contributed by atoms with van der Waals surface area (Å²) in [5, 5.41) is 2.80. The second-order valence-electron chi connectivity index (χ2n) is 8.45. The molecule has 1 aliphatic heterocycles. The van der Waals surface area contributed by atoms with Gasteiger partial charge in [0.05, 0.1) is 0 Å². The number of rotatable bonds is 4. The molecule has 2 amide bonds. The van der Waals surface area contributed by atoms with E-state index in [1.165, 1.54) is 18.2 Å². The van der Waals surface area contributed by atoms with Gasteiger partial charge in [-0.2, -0.15) is 0 Å². The van der Waals surface area contributed by atoms with Crippen LogP contribution in [0.15, 0.2) is 83.3 Å². The van der Waals surface area contributed by atoms with E-state index in [9.17, 15) is 14.0 Å². The van der Waals surface area contributed by atoms with Crippen molar-refractivity contribution in [3.05, 3.63) is 113 Å². The second-order valence-corrected chi connectivity index (χ2v) is 8.45. The summed E-state index contributed by atoms with van der Waals surface area (Å²) in [6, 6.07) is 22.4. The summed E-state index contributed by atoms with van der Waals surface area (Å²) in [5.74, 6) is 0.714. The molecule has 0 radical (unpaired) electrons. The minimum absolute atomic E-state index is 0.0131. The summed E-state index contributed by atoms with van der Waals surface area (Å²) in [6.45, 7) is 3.06. The van der Waals surface area contributed by atoms with Crippen LogP contribution >= 0.6 is 0 Å². The van der Waals surface area contributed by atoms with E-state index in [0.717, 1.165) is 22.5 Å². The standard InChI is InChI=1S/C28H23FN2O3/c1-18-5-2-8-21(13-18)28(33)31-12-11-25-22(17-31)16-26(34-25)19-6-4-10-24(15-19)30-27(32)20-7-3-9-23(29)14-20/h2-10,13-16H,11-12,17H2,1H3,(H,30,32). The fourth-order valence-electron chi connectivity index (χ4n) is 4.19. The van der Waals surface area contributed by atoms with Crippen molar-refractivity contribution in [3.63, 3.8) is 0 Å². The Bertz CT molecular complexity index is 1390. The molecule has 1 N–H and O–H groups in total. The number of halogens is 1. The first kappa shape index (κ1) is 21.6. The maximum Gasteiger partial charge on any atom is 0.255 e. The summed E-state index contributed by atoms with van der Waals surface area (Å²) in [7, 11) is 0. The number of hydrogen-bond acceptors (Lipinski definition) is 3. The molecule has 1 aliphatic rings. The third kappa shape index (κ3) is 4.48. The van der Waals surface area contributed by atoms with Crippen LogP contribution < -0.4 is 5.32 Å². The third-order valence-corrected chi connectivity index (χ3v) is 5.91. The van der Waals surface area contributed by atoms with Crippen LogP contribution in [-0.4, -0.2) is 23.3 Å². The molecule has 34 heavy (non-hydrogen) atoms. The molecule has 5 rings (SSSR count). The molecule has 0 fully saturated rings. The fraction of sp³-hybridized carbons (Fsp3) is 0.143. The van der Waals surface area contributed by atoms with Gasteiger partial charge in [-0.25, -0.2) is 4.39 Å². The van der Waals surface area contributed by atoms with Crippen LogP contribution in [0.2, 0.25) is 0 Å². The van der Waals surface area contributed by atoms with Crippen molar-refractivity contribution in [1.29, 1.82) is 0 Å². The lowest BCUT2D eigenvalue weighted by atomic mass is 10.1. The number of carbonyl (C=O) groups is 2. The van der Waals surface area contributed by atoms with Crippen LogP contribution in [0.5, 0.6) is 0 Å². The van der Waals surface area contributed by atoms with Gasteiger partial charge in [-0.05, 0) is 55.5 Å². The Balaban J connectivity index is 1.33. The number of benzene rings is 3. The maximum absolute atomic E-state index is 13.4. The normalized spacial score (nSPS) is 12.8. The number of aryl methyl sites for hydroxylation is 1. The van der Waals surface area contributed by atoms with Gasteiger partial charge in [-0.3, -0.25) is 9.59 Å². The quantitative estimate of drug-likeness (QED) is 0.421. The van der Waals surface area contributed by atoms with Crippen molar-refractivity contribution in [2.24, 2.45) is 0 Å². The molecule has 6 heteroatoms. The van der Waals surface area contributed by atoms with Crippen molar-refractivity contribution >= 4 is 17.5 Å². The Morgan fingerprint density at radius 3 is 2.56 bits per heavy atom. The predicted molar refractivity (Wildman–Crippen MR) is 128 cm³/mol. The van der Waals surface area contributed by atoms with Crippen LogP contribution in [0.1, 0.15) is 37.6 Å². The Morgan fingerprint density at radius 2 is 1.74 bits per heavy atom. The Kier molecular flexibility index (Phi) is 5.72. The monoisotopic (exact) mass is 454 g/mol. The summed E-state index contributed by atoms with van der Waals surface area (Å²) in [4.78, 5) is 27.3. The lowest BCUT2D eigenvalue weighted by Gasteiger charge is -2.26. The number of nitrogens with one attached hydrogen (secondary N) is 1. The van der Waals surface area contributed by atoms with Gasteiger partial charge in [0.25, 0.3) is 11.8 Å². The predicted octanol–water partition coefficient (Wildman–Crippen LogP) is 5.84. The highest BCUT2D eigenvalue weighted by molar-refractivity contribution is 6.04. The van der Waals surface area contributed by atoms with Crippen molar-refractivity contribution < 1.29 is 18.4 Å². The van der Waals surface area contributed by atoms with E-state index in [1.54, 1.807) is 12.1 Å². The van der Waals surface area contributed by atoms with E-state index in [1.807, 2.05) is 60.4 Å². The van der Waals surface area contributed by atoms with E-state index < -0.39 is 5.82 Å². The average Bonchev–Trinajstić information content (AvgIpc) is 3.27. The molecule has 4 aromatic rings.